The molecule has 0 amide bonds. The predicted molar refractivity (Wildman–Crippen MR) is 66.7 cm³/mol. The summed E-state index contributed by atoms with van der Waals surface area (Å²) in [5, 5.41) is 7.13. The van der Waals surface area contributed by atoms with Crippen molar-refractivity contribution in [1.82, 2.24) is 15.1 Å². The second-order valence-corrected chi connectivity index (χ2v) is 5.26. The zero-order chi connectivity index (χ0) is 14.0. The molecule has 1 aromatic heterocycles. The van der Waals surface area contributed by atoms with Gasteiger partial charge in [-0.05, 0) is 32.2 Å². The van der Waals surface area contributed by atoms with Crippen molar-refractivity contribution in [3.8, 4) is 0 Å². The molecule has 2 rings (SSSR count). The van der Waals surface area contributed by atoms with Gasteiger partial charge in [0.2, 0.25) is 0 Å². The van der Waals surface area contributed by atoms with Gasteiger partial charge >= 0.3 is 6.18 Å². The van der Waals surface area contributed by atoms with Crippen molar-refractivity contribution in [3.05, 3.63) is 18.0 Å². The normalized spacial score (nSPS) is 28.6. The van der Waals surface area contributed by atoms with Gasteiger partial charge in [-0.1, -0.05) is 13.3 Å². The van der Waals surface area contributed by atoms with Crippen LogP contribution < -0.4 is 5.32 Å². The average Bonchev–Trinajstić information content (AvgIpc) is 2.87. The van der Waals surface area contributed by atoms with E-state index in [0.717, 1.165) is 38.1 Å². The molecule has 1 aliphatic rings. The number of alkyl halides is 3. The number of hydrogen-bond acceptors (Lipinski definition) is 2. The van der Waals surface area contributed by atoms with E-state index in [2.05, 4.69) is 17.3 Å². The highest BCUT2D eigenvalue weighted by molar-refractivity contribution is 5.09. The molecule has 3 atom stereocenters. The fraction of sp³-hybridized carbons (Fsp3) is 0.769. The molecule has 3 nitrogen and oxygen atoms in total. The highest BCUT2D eigenvalue weighted by Gasteiger charge is 2.35. The van der Waals surface area contributed by atoms with E-state index in [1.165, 1.54) is 4.68 Å². The molecule has 1 aliphatic carbocycles. The topological polar surface area (TPSA) is 29.9 Å². The number of likely N-dealkylation sites (N-methyl/N-ethyl adjacent to an activating group) is 1. The van der Waals surface area contributed by atoms with Gasteiger partial charge in [0.1, 0.15) is 0 Å². The van der Waals surface area contributed by atoms with Crippen LogP contribution in [0.1, 0.15) is 44.2 Å². The van der Waals surface area contributed by atoms with Gasteiger partial charge in [0, 0.05) is 12.2 Å². The number of nitrogens with zero attached hydrogens (tertiary/aromatic N) is 2. The van der Waals surface area contributed by atoms with Crippen LogP contribution in [0.2, 0.25) is 0 Å². The molecule has 6 heteroatoms. The van der Waals surface area contributed by atoms with Crippen molar-refractivity contribution in [1.29, 1.82) is 0 Å². The Morgan fingerprint density at radius 1 is 1.42 bits per heavy atom. The first-order valence-corrected chi connectivity index (χ1v) is 6.74. The molecular formula is C13H20F3N3. The molecule has 0 radical (unpaired) electrons. The standard InChI is InChI=1S/C13H20F3N3/c1-3-9-4-5-11(17-2)12(6-9)19-8-10(7-18-19)13(14,15)16/h7-9,11-12,17H,3-6H2,1-2H3. The Morgan fingerprint density at radius 2 is 2.16 bits per heavy atom. The maximum Gasteiger partial charge on any atom is 0.419 e. The molecule has 1 heterocycles. The van der Waals surface area contributed by atoms with Gasteiger partial charge in [0.05, 0.1) is 17.8 Å². The number of halogens is 3. The van der Waals surface area contributed by atoms with Crippen LogP contribution in [0.25, 0.3) is 0 Å². The van der Waals surface area contributed by atoms with Crippen LogP contribution in [-0.2, 0) is 6.18 Å². The Morgan fingerprint density at radius 3 is 2.68 bits per heavy atom. The van der Waals surface area contributed by atoms with Crippen molar-refractivity contribution < 1.29 is 13.2 Å². The van der Waals surface area contributed by atoms with Crippen molar-refractivity contribution in [2.24, 2.45) is 5.92 Å². The van der Waals surface area contributed by atoms with Crippen LogP contribution in [0.5, 0.6) is 0 Å². The van der Waals surface area contributed by atoms with Gasteiger partial charge in [0.25, 0.3) is 0 Å². The summed E-state index contributed by atoms with van der Waals surface area (Å²) in [6.07, 6.45) is 1.82. The summed E-state index contributed by atoms with van der Waals surface area (Å²) < 4.78 is 39.4. The molecule has 0 bridgehead atoms. The van der Waals surface area contributed by atoms with E-state index >= 15 is 0 Å². The summed E-state index contributed by atoms with van der Waals surface area (Å²) in [5.41, 5.74) is -0.666. The van der Waals surface area contributed by atoms with Crippen molar-refractivity contribution in [3.63, 3.8) is 0 Å². The maximum atomic E-state index is 12.6. The van der Waals surface area contributed by atoms with Gasteiger partial charge < -0.3 is 5.32 Å². The van der Waals surface area contributed by atoms with E-state index in [4.69, 9.17) is 0 Å². The molecule has 0 aromatic carbocycles. The SMILES string of the molecule is CCC1CCC(NC)C(n2cc(C(F)(F)F)cn2)C1. The van der Waals surface area contributed by atoms with Gasteiger partial charge in [-0.15, -0.1) is 0 Å². The van der Waals surface area contributed by atoms with Crippen molar-refractivity contribution >= 4 is 0 Å². The highest BCUT2D eigenvalue weighted by atomic mass is 19.4. The number of hydrogen-bond donors (Lipinski definition) is 1. The van der Waals surface area contributed by atoms with E-state index in [1.54, 1.807) is 0 Å². The van der Waals surface area contributed by atoms with E-state index in [-0.39, 0.29) is 12.1 Å². The number of rotatable bonds is 3. The second-order valence-electron chi connectivity index (χ2n) is 5.26. The fourth-order valence-corrected chi connectivity index (χ4v) is 2.90. The van der Waals surface area contributed by atoms with Crippen LogP contribution in [0.3, 0.4) is 0 Å². The largest absolute Gasteiger partial charge is 0.419 e. The number of nitrogens with one attached hydrogen (secondary N) is 1. The lowest BCUT2D eigenvalue weighted by atomic mass is 9.81. The van der Waals surface area contributed by atoms with Crippen LogP contribution in [0.4, 0.5) is 13.2 Å². The fourth-order valence-electron chi connectivity index (χ4n) is 2.90. The highest BCUT2D eigenvalue weighted by Crippen LogP contribution is 2.36. The predicted octanol–water partition coefficient (Wildman–Crippen LogP) is 3.24. The molecule has 3 unspecified atom stereocenters. The maximum absolute atomic E-state index is 12.6. The Labute approximate surface area is 111 Å². The van der Waals surface area contributed by atoms with E-state index in [0.29, 0.717) is 5.92 Å². The minimum Gasteiger partial charge on any atom is -0.315 e. The van der Waals surface area contributed by atoms with Crippen LogP contribution >= 0.6 is 0 Å². The molecule has 0 aliphatic heterocycles. The van der Waals surface area contributed by atoms with E-state index in [1.807, 2.05) is 7.05 Å². The van der Waals surface area contributed by atoms with Gasteiger partial charge in [-0.25, -0.2) is 0 Å². The molecule has 19 heavy (non-hydrogen) atoms. The third kappa shape index (κ3) is 3.11. The summed E-state index contributed by atoms with van der Waals surface area (Å²) in [6.45, 7) is 2.13. The van der Waals surface area contributed by atoms with Gasteiger partial charge in [-0.3, -0.25) is 4.68 Å². The first-order valence-electron chi connectivity index (χ1n) is 6.74. The summed E-state index contributed by atoms with van der Waals surface area (Å²) in [4.78, 5) is 0. The summed E-state index contributed by atoms with van der Waals surface area (Å²) >= 11 is 0. The van der Waals surface area contributed by atoms with Crippen molar-refractivity contribution in [2.75, 3.05) is 7.05 Å². The van der Waals surface area contributed by atoms with Crippen LogP contribution in [-0.4, -0.2) is 22.9 Å². The molecule has 0 spiro atoms. The Balaban J connectivity index is 2.19. The van der Waals surface area contributed by atoms with Crippen molar-refractivity contribution in [2.45, 2.75) is 50.9 Å². The number of aromatic nitrogens is 2. The quantitative estimate of drug-likeness (QED) is 0.917. The molecule has 1 N–H and O–H groups in total. The molecule has 1 aromatic rings. The summed E-state index contributed by atoms with van der Waals surface area (Å²) in [5.74, 6) is 0.577. The third-order valence-corrected chi connectivity index (χ3v) is 4.14. The lowest BCUT2D eigenvalue weighted by Gasteiger charge is -2.35. The Hall–Kier alpha value is -1.04. The lowest BCUT2D eigenvalue weighted by Crippen LogP contribution is -2.40. The second kappa shape index (κ2) is 5.53. The first-order chi connectivity index (χ1) is 8.95. The molecular weight excluding hydrogens is 255 g/mol. The average molecular weight is 275 g/mol. The zero-order valence-electron chi connectivity index (χ0n) is 11.2. The molecule has 1 saturated carbocycles. The van der Waals surface area contributed by atoms with Gasteiger partial charge in [-0.2, -0.15) is 18.3 Å². The first kappa shape index (κ1) is 14.4. The summed E-state index contributed by atoms with van der Waals surface area (Å²) in [6, 6.07) is 0.212. The molecule has 0 saturated heterocycles. The monoisotopic (exact) mass is 275 g/mol. The van der Waals surface area contributed by atoms with E-state index < -0.39 is 11.7 Å². The Kier molecular flexibility index (Phi) is 4.18. The zero-order valence-corrected chi connectivity index (χ0v) is 11.2. The lowest BCUT2D eigenvalue weighted by molar-refractivity contribution is -0.137. The summed E-state index contributed by atoms with van der Waals surface area (Å²) in [7, 11) is 1.86. The van der Waals surface area contributed by atoms with E-state index in [9.17, 15) is 13.2 Å². The molecule has 108 valence electrons. The van der Waals surface area contributed by atoms with Crippen LogP contribution in [0, 0.1) is 5.92 Å². The minimum absolute atomic E-state index is 0.0137. The third-order valence-electron chi connectivity index (χ3n) is 4.14. The van der Waals surface area contributed by atoms with Crippen LogP contribution in [0.15, 0.2) is 12.4 Å². The minimum atomic E-state index is -4.31. The Bertz CT molecular complexity index is 414. The van der Waals surface area contributed by atoms with Gasteiger partial charge in [0.15, 0.2) is 0 Å². The smallest absolute Gasteiger partial charge is 0.315 e. The molecule has 1 fully saturated rings.